The summed E-state index contributed by atoms with van der Waals surface area (Å²) >= 11 is 5.89. The summed E-state index contributed by atoms with van der Waals surface area (Å²) in [5.41, 5.74) is 4.31. The highest BCUT2D eigenvalue weighted by Gasteiger charge is 2.32. The highest BCUT2D eigenvalue weighted by molar-refractivity contribution is 7.88. The Morgan fingerprint density at radius 1 is 1.06 bits per heavy atom. The van der Waals surface area contributed by atoms with Gasteiger partial charge in [0, 0.05) is 24.7 Å². The summed E-state index contributed by atoms with van der Waals surface area (Å²) in [4.78, 5) is 12.8. The van der Waals surface area contributed by atoms with Gasteiger partial charge in [-0.25, -0.2) is 12.7 Å². The Hall–Kier alpha value is -1.89. The molecule has 1 unspecified atom stereocenters. The minimum absolute atomic E-state index is 0.0738. The van der Waals surface area contributed by atoms with Crippen molar-refractivity contribution in [2.45, 2.75) is 51.8 Å². The number of amides is 1. The first-order valence-electron chi connectivity index (χ1n) is 10.9. The molecule has 2 aromatic rings. The molecule has 0 bridgehead atoms. The molecule has 1 atom stereocenters. The molecule has 1 amide bonds. The summed E-state index contributed by atoms with van der Waals surface area (Å²) in [6.45, 7) is 5.39. The van der Waals surface area contributed by atoms with Gasteiger partial charge in [-0.2, -0.15) is 0 Å². The molecule has 1 aliphatic heterocycles. The number of nitrogens with zero attached hydrogens (tertiary/aromatic N) is 1. The molecule has 1 aliphatic rings. The second-order valence-electron chi connectivity index (χ2n) is 8.11. The molecule has 0 aromatic heterocycles. The lowest BCUT2D eigenvalue weighted by Crippen LogP contribution is -2.45. The number of piperidine rings is 1. The molecule has 1 saturated heterocycles. The lowest BCUT2D eigenvalue weighted by Gasteiger charge is -2.31. The molecule has 3 rings (SSSR count). The van der Waals surface area contributed by atoms with Gasteiger partial charge in [-0.05, 0) is 60.1 Å². The molecule has 0 saturated carbocycles. The summed E-state index contributed by atoms with van der Waals surface area (Å²) in [7, 11) is -3.49. The van der Waals surface area contributed by atoms with E-state index in [0.29, 0.717) is 36.5 Å². The van der Waals surface area contributed by atoms with E-state index in [2.05, 4.69) is 37.4 Å². The van der Waals surface area contributed by atoms with Crippen LogP contribution in [0.1, 0.15) is 48.9 Å². The molecule has 0 aliphatic carbocycles. The van der Waals surface area contributed by atoms with Crippen molar-refractivity contribution in [1.29, 1.82) is 0 Å². The average Bonchev–Trinajstić information content (AvgIpc) is 2.78. The minimum Gasteiger partial charge on any atom is -0.352 e. The van der Waals surface area contributed by atoms with Gasteiger partial charge < -0.3 is 5.32 Å². The predicted molar refractivity (Wildman–Crippen MR) is 125 cm³/mol. The molecule has 5 nitrogen and oxygen atoms in total. The molecule has 1 fully saturated rings. The monoisotopic (exact) mass is 462 g/mol. The third-order valence-corrected chi connectivity index (χ3v) is 7.99. The van der Waals surface area contributed by atoms with Crippen molar-refractivity contribution in [1.82, 2.24) is 9.62 Å². The van der Waals surface area contributed by atoms with E-state index in [1.807, 2.05) is 0 Å². The second-order valence-corrected chi connectivity index (χ2v) is 10.5. The summed E-state index contributed by atoms with van der Waals surface area (Å²) in [6.07, 6.45) is 3.25. The number of benzene rings is 2. The fourth-order valence-corrected chi connectivity index (χ4v) is 5.76. The maximum absolute atomic E-state index is 12.9. The van der Waals surface area contributed by atoms with Gasteiger partial charge in [-0.15, -0.1) is 0 Å². The van der Waals surface area contributed by atoms with E-state index in [9.17, 15) is 13.2 Å². The number of hydrogen-bond donors (Lipinski definition) is 1. The van der Waals surface area contributed by atoms with Crippen LogP contribution in [0.2, 0.25) is 5.02 Å². The predicted octanol–water partition coefficient (Wildman–Crippen LogP) is 4.32. The molecular formula is C24H31ClN2O3S. The molecule has 1 heterocycles. The number of carbonyl (C=O) groups excluding carboxylic acids is 1. The zero-order valence-electron chi connectivity index (χ0n) is 18.2. The van der Waals surface area contributed by atoms with Gasteiger partial charge in [0.1, 0.15) is 0 Å². The van der Waals surface area contributed by atoms with Crippen LogP contribution in [0.3, 0.4) is 0 Å². The van der Waals surface area contributed by atoms with Gasteiger partial charge in [-0.1, -0.05) is 55.8 Å². The molecule has 2 aromatic carbocycles. The van der Waals surface area contributed by atoms with Crippen LogP contribution in [-0.4, -0.2) is 31.7 Å². The molecule has 1 N–H and O–H groups in total. The summed E-state index contributed by atoms with van der Waals surface area (Å²) < 4.78 is 27.3. The van der Waals surface area contributed by atoms with E-state index in [4.69, 9.17) is 11.6 Å². The van der Waals surface area contributed by atoms with Crippen LogP contribution in [0.15, 0.2) is 42.5 Å². The highest BCUT2D eigenvalue weighted by atomic mass is 35.5. The maximum atomic E-state index is 12.9. The third-order valence-electron chi connectivity index (χ3n) is 5.92. The maximum Gasteiger partial charge on any atom is 0.224 e. The Labute approximate surface area is 190 Å². The Kier molecular flexibility index (Phi) is 8.14. The lowest BCUT2D eigenvalue weighted by molar-refractivity contribution is -0.126. The lowest BCUT2D eigenvalue weighted by atomic mass is 9.97. The largest absolute Gasteiger partial charge is 0.352 e. The van der Waals surface area contributed by atoms with Crippen LogP contribution >= 0.6 is 11.6 Å². The van der Waals surface area contributed by atoms with Crippen molar-refractivity contribution in [3.63, 3.8) is 0 Å². The van der Waals surface area contributed by atoms with Crippen molar-refractivity contribution in [2.75, 3.05) is 13.1 Å². The highest BCUT2D eigenvalue weighted by Crippen LogP contribution is 2.23. The number of rotatable bonds is 8. The van der Waals surface area contributed by atoms with Gasteiger partial charge in [0.2, 0.25) is 15.9 Å². The first-order valence-corrected chi connectivity index (χ1v) is 12.9. The SMILES string of the molecule is CCc1ccc(CC)c(CNC(=O)C2CCCN(S(=O)(=O)Cc3ccc(Cl)cc3)C2)c1. The average molecular weight is 463 g/mol. The third kappa shape index (κ3) is 6.31. The summed E-state index contributed by atoms with van der Waals surface area (Å²) in [6, 6.07) is 13.3. The first kappa shape index (κ1) is 23.8. The van der Waals surface area contributed by atoms with Gasteiger partial charge in [-0.3, -0.25) is 4.79 Å². The zero-order valence-corrected chi connectivity index (χ0v) is 19.8. The van der Waals surface area contributed by atoms with Crippen molar-refractivity contribution in [3.8, 4) is 0 Å². The van der Waals surface area contributed by atoms with E-state index in [1.54, 1.807) is 24.3 Å². The van der Waals surface area contributed by atoms with Gasteiger partial charge in [0.05, 0.1) is 11.7 Å². The van der Waals surface area contributed by atoms with Crippen molar-refractivity contribution in [2.24, 2.45) is 5.92 Å². The number of carbonyl (C=O) groups is 1. The Balaban J connectivity index is 1.62. The Morgan fingerprint density at radius 3 is 2.45 bits per heavy atom. The normalized spacial score (nSPS) is 17.5. The fraction of sp³-hybridized carbons (Fsp3) is 0.458. The Bertz CT molecular complexity index is 1010. The van der Waals surface area contributed by atoms with Gasteiger partial charge >= 0.3 is 0 Å². The first-order chi connectivity index (χ1) is 14.8. The Morgan fingerprint density at radius 2 is 1.77 bits per heavy atom. The summed E-state index contributed by atoms with van der Waals surface area (Å²) in [5.74, 6) is -0.481. The molecule has 0 radical (unpaired) electrons. The van der Waals surface area contributed by atoms with Crippen LogP contribution in [0.4, 0.5) is 0 Å². The number of halogens is 1. The van der Waals surface area contributed by atoms with Crippen LogP contribution in [-0.2, 0) is 40.0 Å². The van der Waals surface area contributed by atoms with E-state index in [-0.39, 0.29) is 24.1 Å². The number of sulfonamides is 1. The smallest absolute Gasteiger partial charge is 0.224 e. The molecular weight excluding hydrogens is 432 g/mol. The molecule has 0 spiro atoms. The quantitative estimate of drug-likeness (QED) is 0.635. The molecule has 31 heavy (non-hydrogen) atoms. The zero-order chi connectivity index (χ0) is 22.4. The number of aryl methyl sites for hydroxylation is 2. The van der Waals surface area contributed by atoms with E-state index < -0.39 is 10.0 Å². The molecule has 7 heteroatoms. The van der Waals surface area contributed by atoms with Crippen molar-refractivity contribution in [3.05, 3.63) is 69.7 Å². The molecule has 168 valence electrons. The minimum atomic E-state index is -3.49. The van der Waals surface area contributed by atoms with Gasteiger partial charge in [0.15, 0.2) is 0 Å². The van der Waals surface area contributed by atoms with E-state index >= 15 is 0 Å². The van der Waals surface area contributed by atoms with Crippen LogP contribution in [0.25, 0.3) is 0 Å². The number of nitrogens with one attached hydrogen (secondary N) is 1. The van der Waals surface area contributed by atoms with Crippen molar-refractivity contribution >= 4 is 27.5 Å². The van der Waals surface area contributed by atoms with Crippen LogP contribution < -0.4 is 5.32 Å². The number of hydrogen-bond acceptors (Lipinski definition) is 3. The second kappa shape index (κ2) is 10.6. The standard InChI is InChI=1S/C24H31ClN2O3S/c1-3-18-7-10-20(4-2)22(14-18)15-26-24(28)21-6-5-13-27(16-21)31(29,30)17-19-8-11-23(25)12-9-19/h7-12,14,21H,3-6,13,15-17H2,1-2H3,(H,26,28). The topological polar surface area (TPSA) is 66.5 Å². The van der Waals surface area contributed by atoms with Crippen LogP contribution in [0.5, 0.6) is 0 Å². The fourth-order valence-electron chi connectivity index (χ4n) is 4.03. The van der Waals surface area contributed by atoms with Crippen molar-refractivity contribution < 1.29 is 13.2 Å². The summed E-state index contributed by atoms with van der Waals surface area (Å²) in [5, 5.41) is 3.62. The van der Waals surface area contributed by atoms with Crippen LogP contribution in [0, 0.1) is 5.92 Å². The van der Waals surface area contributed by atoms with E-state index in [1.165, 1.54) is 15.4 Å². The van der Waals surface area contributed by atoms with Gasteiger partial charge in [0.25, 0.3) is 0 Å². The van der Waals surface area contributed by atoms with E-state index in [0.717, 1.165) is 18.4 Å².